The van der Waals surface area contributed by atoms with Gasteiger partial charge in [-0.25, -0.2) is 13.1 Å². The molecule has 7 heteroatoms. The Morgan fingerprint density at radius 2 is 1.91 bits per heavy atom. The Morgan fingerprint density at radius 3 is 2.50 bits per heavy atom. The van der Waals surface area contributed by atoms with E-state index in [1.165, 1.54) is 24.1 Å². The van der Waals surface area contributed by atoms with Gasteiger partial charge < -0.3 is 5.32 Å². The molecule has 2 rings (SSSR count). The number of aryl methyl sites for hydroxylation is 1. The van der Waals surface area contributed by atoms with E-state index < -0.39 is 10.0 Å². The summed E-state index contributed by atoms with van der Waals surface area (Å²) in [4.78, 5) is 13.5. The average molecular weight is 338 g/mol. The van der Waals surface area contributed by atoms with Crippen molar-refractivity contribution in [3.8, 4) is 0 Å². The Bertz CT molecular complexity index is 749. The van der Waals surface area contributed by atoms with Crippen LogP contribution in [0.3, 0.4) is 0 Å². The third-order valence-electron chi connectivity index (χ3n) is 3.10. The molecule has 0 aliphatic rings. The standard InChI is InChI=1S/C15H18N2O3S2/c1-3-4-13-9-11(10-21-13)15(18)17-12-5-7-14(8-6-12)22(19,20)16-2/h5-10,16H,3-4H2,1-2H3,(H,17,18). The lowest BCUT2D eigenvalue weighted by molar-refractivity contribution is 0.102. The van der Waals surface area contributed by atoms with Crippen molar-refractivity contribution in [3.05, 3.63) is 46.2 Å². The van der Waals surface area contributed by atoms with Crippen LogP contribution in [0.4, 0.5) is 5.69 Å². The van der Waals surface area contributed by atoms with Crippen molar-refractivity contribution in [2.24, 2.45) is 0 Å². The molecular weight excluding hydrogens is 320 g/mol. The van der Waals surface area contributed by atoms with E-state index in [2.05, 4.69) is 17.0 Å². The fourth-order valence-electron chi connectivity index (χ4n) is 1.92. The zero-order valence-corrected chi connectivity index (χ0v) is 14.1. The number of anilines is 1. The number of carbonyl (C=O) groups excluding carboxylic acids is 1. The summed E-state index contributed by atoms with van der Waals surface area (Å²) in [5.74, 6) is -0.192. The van der Waals surface area contributed by atoms with Gasteiger partial charge in [-0.1, -0.05) is 13.3 Å². The molecule has 0 atom stereocenters. The van der Waals surface area contributed by atoms with Gasteiger partial charge in [0.05, 0.1) is 10.5 Å². The van der Waals surface area contributed by atoms with Crippen LogP contribution in [0.15, 0.2) is 40.6 Å². The summed E-state index contributed by atoms with van der Waals surface area (Å²) in [6.45, 7) is 2.10. The second-order valence-corrected chi connectivity index (χ2v) is 7.62. The highest BCUT2D eigenvalue weighted by Gasteiger charge is 2.12. The zero-order chi connectivity index (χ0) is 16.2. The van der Waals surface area contributed by atoms with Crippen LogP contribution in [-0.2, 0) is 16.4 Å². The van der Waals surface area contributed by atoms with Gasteiger partial charge in [0.1, 0.15) is 0 Å². The summed E-state index contributed by atoms with van der Waals surface area (Å²) in [6, 6.07) is 7.95. The molecule has 22 heavy (non-hydrogen) atoms. The average Bonchev–Trinajstić information content (AvgIpc) is 2.97. The van der Waals surface area contributed by atoms with E-state index in [4.69, 9.17) is 0 Å². The monoisotopic (exact) mass is 338 g/mol. The van der Waals surface area contributed by atoms with Gasteiger partial charge in [-0.05, 0) is 43.8 Å². The van der Waals surface area contributed by atoms with Crippen LogP contribution in [0.1, 0.15) is 28.6 Å². The first kappa shape index (κ1) is 16.7. The number of benzene rings is 1. The Balaban J connectivity index is 2.08. The number of hydrogen-bond donors (Lipinski definition) is 2. The topological polar surface area (TPSA) is 75.3 Å². The van der Waals surface area contributed by atoms with Crippen LogP contribution >= 0.6 is 11.3 Å². The Labute approximate surface area is 134 Å². The smallest absolute Gasteiger partial charge is 0.256 e. The summed E-state index contributed by atoms with van der Waals surface area (Å²) in [6.07, 6.45) is 2.01. The normalized spacial score (nSPS) is 11.4. The summed E-state index contributed by atoms with van der Waals surface area (Å²) >= 11 is 1.57. The van der Waals surface area contributed by atoms with Crippen molar-refractivity contribution in [1.29, 1.82) is 0 Å². The van der Waals surface area contributed by atoms with Gasteiger partial charge in [-0.3, -0.25) is 4.79 Å². The fourth-order valence-corrected chi connectivity index (χ4v) is 3.62. The van der Waals surface area contributed by atoms with E-state index in [0.29, 0.717) is 11.3 Å². The molecule has 1 aromatic heterocycles. The van der Waals surface area contributed by atoms with Crippen LogP contribution in [-0.4, -0.2) is 21.4 Å². The van der Waals surface area contributed by atoms with Crippen molar-refractivity contribution in [3.63, 3.8) is 0 Å². The van der Waals surface area contributed by atoms with Crippen LogP contribution in [0.25, 0.3) is 0 Å². The quantitative estimate of drug-likeness (QED) is 0.850. The molecule has 2 aromatic rings. The minimum atomic E-state index is -3.46. The second kappa shape index (κ2) is 7.04. The minimum absolute atomic E-state index is 0.161. The predicted molar refractivity (Wildman–Crippen MR) is 89.0 cm³/mol. The van der Waals surface area contributed by atoms with E-state index in [-0.39, 0.29) is 10.8 Å². The molecule has 1 amide bonds. The summed E-state index contributed by atoms with van der Waals surface area (Å²) < 4.78 is 25.5. The molecular formula is C15H18N2O3S2. The molecule has 1 heterocycles. The molecule has 0 saturated heterocycles. The van der Waals surface area contributed by atoms with Gasteiger partial charge in [0.25, 0.3) is 5.91 Å². The van der Waals surface area contributed by atoms with E-state index in [0.717, 1.165) is 12.8 Å². The van der Waals surface area contributed by atoms with E-state index in [1.807, 2.05) is 11.4 Å². The maximum Gasteiger partial charge on any atom is 0.256 e. The van der Waals surface area contributed by atoms with E-state index >= 15 is 0 Å². The van der Waals surface area contributed by atoms with Crippen molar-refractivity contribution in [1.82, 2.24) is 4.72 Å². The van der Waals surface area contributed by atoms with Crippen molar-refractivity contribution in [2.45, 2.75) is 24.7 Å². The minimum Gasteiger partial charge on any atom is -0.322 e. The molecule has 0 fully saturated rings. The van der Waals surface area contributed by atoms with Crippen molar-refractivity contribution < 1.29 is 13.2 Å². The van der Waals surface area contributed by atoms with Gasteiger partial charge in [-0.2, -0.15) is 0 Å². The molecule has 0 bridgehead atoms. The molecule has 2 N–H and O–H groups in total. The SMILES string of the molecule is CCCc1cc(C(=O)Nc2ccc(S(=O)(=O)NC)cc2)cs1. The number of thiophene rings is 1. The van der Waals surface area contributed by atoms with Crippen LogP contribution < -0.4 is 10.0 Å². The van der Waals surface area contributed by atoms with Gasteiger partial charge in [0.2, 0.25) is 10.0 Å². The molecule has 0 saturated carbocycles. The van der Waals surface area contributed by atoms with E-state index in [9.17, 15) is 13.2 Å². The number of sulfonamides is 1. The first-order chi connectivity index (χ1) is 10.5. The largest absolute Gasteiger partial charge is 0.322 e. The number of rotatable bonds is 6. The summed E-state index contributed by atoms with van der Waals surface area (Å²) in [5, 5.41) is 4.60. The Kier molecular flexibility index (Phi) is 5.33. The fraction of sp³-hybridized carbons (Fsp3) is 0.267. The van der Waals surface area contributed by atoms with Gasteiger partial charge in [-0.15, -0.1) is 11.3 Å². The van der Waals surface area contributed by atoms with Crippen LogP contribution in [0.5, 0.6) is 0 Å². The molecule has 0 unspecified atom stereocenters. The lowest BCUT2D eigenvalue weighted by Crippen LogP contribution is -2.18. The van der Waals surface area contributed by atoms with Crippen molar-refractivity contribution >= 4 is 33.0 Å². The number of amides is 1. The maximum atomic E-state index is 12.1. The number of hydrogen-bond acceptors (Lipinski definition) is 4. The molecule has 0 spiro atoms. The Morgan fingerprint density at radius 1 is 1.23 bits per heavy atom. The highest BCUT2D eigenvalue weighted by atomic mass is 32.2. The van der Waals surface area contributed by atoms with Crippen molar-refractivity contribution in [2.75, 3.05) is 12.4 Å². The summed E-state index contributed by atoms with van der Waals surface area (Å²) in [7, 11) is -2.10. The maximum absolute atomic E-state index is 12.1. The van der Waals surface area contributed by atoms with Gasteiger partial charge in [0.15, 0.2) is 0 Å². The lowest BCUT2D eigenvalue weighted by atomic mass is 10.2. The molecule has 0 aliphatic heterocycles. The number of carbonyl (C=O) groups is 1. The summed E-state index contributed by atoms with van der Waals surface area (Å²) in [5.41, 5.74) is 1.18. The third kappa shape index (κ3) is 3.94. The predicted octanol–water partition coefficient (Wildman–Crippen LogP) is 2.86. The second-order valence-electron chi connectivity index (χ2n) is 4.74. The third-order valence-corrected chi connectivity index (χ3v) is 5.53. The zero-order valence-electron chi connectivity index (χ0n) is 12.4. The van der Waals surface area contributed by atoms with Gasteiger partial charge in [0, 0.05) is 15.9 Å². The molecule has 118 valence electrons. The van der Waals surface area contributed by atoms with Crippen LogP contribution in [0, 0.1) is 0 Å². The van der Waals surface area contributed by atoms with Crippen LogP contribution in [0.2, 0.25) is 0 Å². The molecule has 0 radical (unpaired) electrons. The lowest BCUT2D eigenvalue weighted by Gasteiger charge is -2.06. The highest BCUT2D eigenvalue weighted by Crippen LogP contribution is 2.19. The Hall–Kier alpha value is -1.70. The van der Waals surface area contributed by atoms with Gasteiger partial charge >= 0.3 is 0 Å². The van der Waals surface area contributed by atoms with E-state index in [1.54, 1.807) is 23.5 Å². The molecule has 1 aromatic carbocycles. The first-order valence-corrected chi connectivity index (χ1v) is 9.25. The first-order valence-electron chi connectivity index (χ1n) is 6.88. The number of nitrogens with one attached hydrogen (secondary N) is 2. The molecule has 0 aliphatic carbocycles. The highest BCUT2D eigenvalue weighted by molar-refractivity contribution is 7.89. The molecule has 5 nitrogen and oxygen atoms in total.